The van der Waals surface area contributed by atoms with Gasteiger partial charge in [0, 0.05) is 23.3 Å². The first-order valence-electron chi connectivity index (χ1n) is 5.91. The van der Waals surface area contributed by atoms with Crippen molar-refractivity contribution in [3.63, 3.8) is 0 Å². The van der Waals surface area contributed by atoms with Gasteiger partial charge in [-0.3, -0.25) is 0 Å². The molecule has 2 aromatic rings. The van der Waals surface area contributed by atoms with E-state index in [9.17, 15) is 0 Å². The lowest BCUT2D eigenvalue weighted by atomic mass is 10.1. The lowest BCUT2D eigenvalue weighted by Crippen LogP contribution is -2.11. The third-order valence-electron chi connectivity index (χ3n) is 2.93. The Labute approximate surface area is 111 Å². The van der Waals surface area contributed by atoms with Crippen molar-refractivity contribution in [1.29, 1.82) is 0 Å². The Morgan fingerprint density at radius 1 is 1.29 bits per heavy atom. The number of benzene rings is 1. The summed E-state index contributed by atoms with van der Waals surface area (Å²) in [6.45, 7) is 2.22. The fraction of sp³-hybridized carbons (Fsp3) is 0.357. The van der Waals surface area contributed by atoms with E-state index in [1.807, 2.05) is 18.7 Å². The van der Waals surface area contributed by atoms with Crippen LogP contribution in [0.3, 0.4) is 0 Å². The molecule has 2 atom stereocenters. The smallest absolute Gasteiger partial charge is 0.0948 e. The molecule has 3 heteroatoms. The molecule has 0 saturated heterocycles. The van der Waals surface area contributed by atoms with Gasteiger partial charge in [-0.25, -0.2) is 4.98 Å². The van der Waals surface area contributed by atoms with Crippen LogP contribution in [0.2, 0.25) is 0 Å². The van der Waals surface area contributed by atoms with E-state index in [1.165, 1.54) is 5.56 Å². The van der Waals surface area contributed by atoms with Gasteiger partial charge in [0.05, 0.1) is 6.33 Å². The van der Waals surface area contributed by atoms with Crippen LogP contribution in [0.5, 0.6) is 0 Å². The topological polar surface area (TPSA) is 17.8 Å². The highest BCUT2D eigenvalue weighted by atomic mass is 79.9. The molecule has 0 fully saturated rings. The molecule has 0 radical (unpaired) electrons. The van der Waals surface area contributed by atoms with E-state index in [-0.39, 0.29) is 0 Å². The molecule has 0 aliphatic heterocycles. The van der Waals surface area contributed by atoms with E-state index < -0.39 is 0 Å². The summed E-state index contributed by atoms with van der Waals surface area (Å²) in [5.41, 5.74) is 1.38. The number of hydrogen-bond donors (Lipinski definition) is 0. The summed E-state index contributed by atoms with van der Waals surface area (Å²) in [5.74, 6) is 0. The van der Waals surface area contributed by atoms with Crippen LogP contribution in [0.1, 0.15) is 24.9 Å². The zero-order valence-electron chi connectivity index (χ0n) is 9.96. The van der Waals surface area contributed by atoms with Crippen molar-refractivity contribution in [2.75, 3.05) is 0 Å². The monoisotopic (exact) mass is 292 g/mol. The summed E-state index contributed by atoms with van der Waals surface area (Å²) in [6.07, 6.45) is 7.90. The summed E-state index contributed by atoms with van der Waals surface area (Å²) >= 11 is 3.77. The number of nitrogens with zero attached hydrogens (tertiary/aromatic N) is 2. The van der Waals surface area contributed by atoms with E-state index >= 15 is 0 Å². The average molecular weight is 293 g/mol. The number of aromatic nitrogens is 2. The van der Waals surface area contributed by atoms with Crippen molar-refractivity contribution in [1.82, 2.24) is 9.55 Å². The molecule has 0 aliphatic carbocycles. The van der Waals surface area contributed by atoms with Gasteiger partial charge in [-0.1, -0.05) is 46.3 Å². The van der Waals surface area contributed by atoms with Gasteiger partial charge < -0.3 is 4.57 Å². The minimum Gasteiger partial charge on any atom is -0.335 e. The molecule has 0 N–H and O–H groups in total. The van der Waals surface area contributed by atoms with Gasteiger partial charge in [-0.15, -0.1) is 0 Å². The molecule has 17 heavy (non-hydrogen) atoms. The highest BCUT2D eigenvalue weighted by Crippen LogP contribution is 2.21. The molecular weight excluding hydrogens is 276 g/mol. The predicted molar refractivity (Wildman–Crippen MR) is 74.4 cm³/mol. The quantitative estimate of drug-likeness (QED) is 0.766. The molecule has 0 aliphatic rings. The van der Waals surface area contributed by atoms with Crippen LogP contribution in [0.25, 0.3) is 0 Å². The summed E-state index contributed by atoms with van der Waals surface area (Å²) in [6, 6.07) is 11.1. The number of hydrogen-bond acceptors (Lipinski definition) is 1. The second kappa shape index (κ2) is 6.01. The first-order chi connectivity index (χ1) is 8.25. The maximum Gasteiger partial charge on any atom is 0.0948 e. The highest BCUT2D eigenvalue weighted by molar-refractivity contribution is 9.09. The molecular formula is C14H17BrN2. The second-order valence-electron chi connectivity index (χ2n) is 4.38. The van der Waals surface area contributed by atoms with Crippen LogP contribution >= 0.6 is 15.9 Å². The molecule has 2 nitrogen and oxygen atoms in total. The van der Waals surface area contributed by atoms with Crippen LogP contribution in [-0.2, 0) is 6.42 Å². The summed E-state index contributed by atoms with van der Waals surface area (Å²) in [5, 5.41) is 0. The first kappa shape index (κ1) is 12.4. The van der Waals surface area contributed by atoms with Gasteiger partial charge in [0.25, 0.3) is 0 Å². The molecule has 0 spiro atoms. The van der Waals surface area contributed by atoms with Gasteiger partial charge in [0.1, 0.15) is 0 Å². The van der Waals surface area contributed by atoms with Gasteiger partial charge in [-0.2, -0.15) is 0 Å². The molecule has 0 saturated carbocycles. The Morgan fingerprint density at radius 2 is 2.06 bits per heavy atom. The minimum atomic E-state index is 0.477. The van der Waals surface area contributed by atoms with Crippen LogP contribution in [0, 0.1) is 0 Å². The zero-order chi connectivity index (χ0) is 12.1. The van der Waals surface area contributed by atoms with Crippen LogP contribution in [0.4, 0.5) is 0 Å². The van der Waals surface area contributed by atoms with E-state index in [0.717, 1.165) is 12.8 Å². The van der Waals surface area contributed by atoms with Crippen LogP contribution < -0.4 is 0 Å². The summed E-state index contributed by atoms with van der Waals surface area (Å²) < 4.78 is 2.15. The lowest BCUT2D eigenvalue weighted by Gasteiger charge is -2.17. The maximum atomic E-state index is 4.08. The van der Waals surface area contributed by atoms with Crippen molar-refractivity contribution < 1.29 is 0 Å². The Bertz CT molecular complexity index is 425. The van der Waals surface area contributed by atoms with Crippen LogP contribution in [0.15, 0.2) is 49.1 Å². The second-order valence-corrected chi connectivity index (χ2v) is 5.68. The number of rotatable bonds is 5. The van der Waals surface area contributed by atoms with Crippen LogP contribution in [-0.4, -0.2) is 14.4 Å². The third-order valence-corrected chi connectivity index (χ3v) is 3.63. The van der Waals surface area contributed by atoms with Crippen molar-refractivity contribution in [3.05, 3.63) is 54.6 Å². The largest absolute Gasteiger partial charge is 0.335 e. The van der Waals surface area contributed by atoms with Crippen molar-refractivity contribution in [3.8, 4) is 0 Å². The molecule has 0 bridgehead atoms. The predicted octanol–water partition coefficient (Wildman–Crippen LogP) is 3.84. The normalized spacial score (nSPS) is 14.5. The first-order valence-corrected chi connectivity index (χ1v) is 6.82. The number of imidazole rings is 1. The van der Waals surface area contributed by atoms with E-state index in [0.29, 0.717) is 10.9 Å². The van der Waals surface area contributed by atoms with Gasteiger partial charge in [0.2, 0.25) is 0 Å². The SMILES string of the molecule is CC(CC(Br)Cc1ccccc1)n1ccnc1. The maximum absolute atomic E-state index is 4.08. The molecule has 1 aromatic heterocycles. The Balaban J connectivity index is 1.87. The molecule has 1 heterocycles. The zero-order valence-corrected chi connectivity index (χ0v) is 11.5. The Morgan fingerprint density at radius 3 is 2.71 bits per heavy atom. The summed E-state index contributed by atoms with van der Waals surface area (Å²) in [7, 11) is 0. The van der Waals surface area contributed by atoms with Gasteiger partial charge >= 0.3 is 0 Å². The average Bonchev–Trinajstić information content (AvgIpc) is 2.83. The Kier molecular flexibility index (Phi) is 4.37. The molecule has 2 unspecified atom stereocenters. The van der Waals surface area contributed by atoms with E-state index in [4.69, 9.17) is 0 Å². The number of alkyl halides is 1. The van der Waals surface area contributed by atoms with Crippen molar-refractivity contribution in [2.45, 2.75) is 30.6 Å². The number of halogens is 1. The van der Waals surface area contributed by atoms with Gasteiger partial charge in [0.15, 0.2) is 0 Å². The fourth-order valence-corrected chi connectivity index (χ4v) is 2.89. The summed E-state index contributed by atoms with van der Waals surface area (Å²) in [4.78, 5) is 4.58. The van der Waals surface area contributed by atoms with Crippen molar-refractivity contribution >= 4 is 15.9 Å². The Hall–Kier alpha value is -1.09. The lowest BCUT2D eigenvalue weighted by molar-refractivity contribution is 0.498. The minimum absolute atomic E-state index is 0.477. The highest BCUT2D eigenvalue weighted by Gasteiger charge is 2.11. The molecule has 2 rings (SSSR count). The molecule has 90 valence electrons. The standard InChI is InChI=1S/C14H17BrN2/c1-12(17-8-7-16-11-17)9-14(15)10-13-5-3-2-4-6-13/h2-8,11-12,14H,9-10H2,1H3. The van der Waals surface area contributed by atoms with E-state index in [2.05, 4.69) is 62.7 Å². The van der Waals surface area contributed by atoms with Gasteiger partial charge in [-0.05, 0) is 25.3 Å². The van der Waals surface area contributed by atoms with E-state index in [1.54, 1.807) is 0 Å². The third kappa shape index (κ3) is 3.70. The molecule has 1 aromatic carbocycles. The van der Waals surface area contributed by atoms with Crippen molar-refractivity contribution in [2.24, 2.45) is 0 Å². The molecule has 0 amide bonds. The fourth-order valence-electron chi connectivity index (χ4n) is 1.98.